The SMILES string of the molecule is CC#N.NC(=O)c1cc([N+](=O)[O-])cc([N+](=O)[O-])c1Cl. The number of hydrogen-bond acceptors (Lipinski definition) is 6. The molecule has 0 heterocycles. The molecule has 0 bridgehead atoms. The predicted octanol–water partition coefficient (Wildman–Crippen LogP) is 1.79. The zero-order valence-electron chi connectivity index (χ0n) is 9.49. The summed E-state index contributed by atoms with van der Waals surface area (Å²) in [5, 5.41) is 27.8. The van der Waals surface area contributed by atoms with Crippen LogP contribution in [0.3, 0.4) is 0 Å². The first-order valence-electron chi connectivity index (χ1n) is 4.49. The Morgan fingerprint density at radius 3 is 2.16 bits per heavy atom. The monoisotopic (exact) mass is 286 g/mol. The number of nitrogens with zero attached hydrogens (tertiary/aromatic N) is 3. The van der Waals surface area contributed by atoms with E-state index in [9.17, 15) is 25.0 Å². The molecule has 0 atom stereocenters. The van der Waals surface area contributed by atoms with E-state index in [1.807, 2.05) is 0 Å². The first-order valence-corrected chi connectivity index (χ1v) is 4.87. The molecule has 9 nitrogen and oxygen atoms in total. The maximum Gasteiger partial charge on any atom is 0.295 e. The van der Waals surface area contributed by atoms with Crippen molar-refractivity contribution in [3.8, 4) is 6.07 Å². The fourth-order valence-electron chi connectivity index (χ4n) is 1.01. The molecular formula is C9H7ClN4O5. The van der Waals surface area contributed by atoms with Gasteiger partial charge in [0, 0.05) is 13.0 Å². The standard InChI is InChI=1S/C7H4ClN3O5.C2H3N/c8-6-4(7(9)12)1-3(10(13)14)2-5(6)11(15)16;1-2-3/h1-2H,(H2,9,12);1H3. The van der Waals surface area contributed by atoms with Crippen LogP contribution in [-0.2, 0) is 0 Å². The van der Waals surface area contributed by atoms with Gasteiger partial charge in [-0.25, -0.2) is 0 Å². The van der Waals surface area contributed by atoms with E-state index in [0.717, 1.165) is 6.07 Å². The molecule has 100 valence electrons. The third kappa shape index (κ3) is 4.21. The number of primary amides is 1. The maximum absolute atomic E-state index is 10.9. The Morgan fingerprint density at radius 1 is 1.37 bits per heavy atom. The summed E-state index contributed by atoms with van der Waals surface area (Å²) in [7, 11) is 0. The van der Waals surface area contributed by atoms with Crippen LogP contribution >= 0.6 is 11.6 Å². The predicted molar refractivity (Wildman–Crippen MR) is 64.6 cm³/mol. The van der Waals surface area contributed by atoms with Gasteiger partial charge in [0.1, 0.15) is 5.02 Å². The second kappa shape index (κ2) is 6.87. The molecule has 1 aromatic rings. The van der Waals surface area contributed by atoms with E-state index in [2.05, 4.69) is 0 Å². The normalized spacial score (nSPS) is 8.68. The molecule has 0 saturated carbocycles. The number of non-ortho nitro benzene ring substituents is 1. The number of benzene rings is 1. The van der Waals surface area contributed by atoms with Crippen LogP contribution in [0.25, 0.3) is 0 Å². The summed E-state index contributed by atoms with van der Waals surface area (Å²) in [5.74, 6) is -1.07. The molecule has 0 aliphatic rings. The quantitative estimate of drug-likeness (QED) is 0.660. The minimum absolute atomic E-state index is 0.456. The summed E-state index contributed by atoms with van der Waals surface area (Å²) in [6, 6.07) is 3.20. The maximum atomic E-state index is 10.9. The van der Waals surface area contributed by atoms with Crippen molar-refractivity contribution < 1.29 is 14.6 Å². The summed E-state index contributed by atoms with van der Waals surface area (Å²) in [6.45, 7) is 1.43. The van der Waals surface area contributed by atoms with Crippen LogP contribution in [0.5, 0.6) is 0 Å². The summed E-state index contributed by atoms with van der Waals surface area (Å²) >= 11 is 5.51. The molecule has 2 N–H and O–H groups in total. The van der Waals surface area contributed by atoms with Crippen molar-refractivity contribution in [1.29, 1.82) is 5.26 Å². The molecule has 0 fully saturated rings. The number of rotatable bonds is 3. The van der Waals surface area contributed by atoms with E-state index in [4.69, 9.17) is 22.6 Å². The molecule has 1 amide bonds. The summed E-state index contributed by atoms with van der Waals surface area (Å²) < 4.78 is 0. The van der Waals surface area contributed by atoms with Gasteiger partial charge in [-0.1, -0.05) is 11.6 Å². The molecule has 0 saturated heterocycles. The molecule has 10 heteroatoms. The van der Waals surface area contributed by atoms with Crippen molar-refractivity contribution in [1.82, 2.24) is 0 Å². The Labute approximate surface area is 111 Å². The summed E-state index contributed by atoms with van der Waals surface area (Å²) in [5.41, 5.74) is 3.08. The average Bonchev–Trinajstić information content (AvgIpc) is 2.29. The van der Waals surface area contributed by atoms with Crippen LogP contribution in [0.15, 0.2) is 12.1 Å². The van der Waals surface area contributed by atoms with Crippen LogP contribution in [0.2, 0.25) is 5.02 Å². The van der Waals surface area contributed by atoms with Gasteiger partial charge in [0.25, 0.3) is 17.3 Å². The van der Waals surface area contributed by atoms with Gasteiger partial charge in [-0.2, -0.15) is 5.26 Å². The number of nitro groups is 2. The van der Waals surface area contributed by atoms with E-state index >= 15 is 0 Å². The fourth-order valence-corrected chi connectivity index (χ4v) is 1.28. The minimum Gasteiger partial charge on any atom is -0.366 e. The highest BCUT2D eigenvalue weighted by Crippen LogP contribution is 2.32. The van der Waals surface area contributed by atoms with E-state index in [1.165, 1.54) is 6.92 Å². The van der Waals surface area contributed by atoms with Crippen molar-refractivity contribution in [2.45, 2.75) is 6.92 Å². The fraction of sp³-hybridized carbons (Fsp3) is 0.111. The molecule has 0 aliphatic carbocycles. The van der Waals surface area contributed by atoms with Gasteiger partial charge in [-0.15, -0.1) is 0 Å². The lowest BCUT2D eigenvalue weighted by Crippen LogP contribution is -2.12. The Bertz CT molecular complexity index is 545. The molecule has 0 spiro atoms. The molecule has 0 aliphatic heterocycles. The van der Waals surface area contributed by atoms with Crippen molar-refractivity contribution in [3.05, 3.63) is 42.9 Å². The number of carbonyl (C=O) groups excluding carboxylic acids is 1. The molecular weight excluding hydrogens is 280 g/mol. The zero-order valence-corrected chi connectivity index (χ0v) is 10.2. The van der Waals surface area contributed by atoms with Crippen molar-refractivity contribution >= 4 is 28.9 Å². The Hall–Kier alpha value is -2.73. The van der Waals surface area contributed by atoms with Gasteiger partial charge < -0.3 is 5.73 Å². The molecule has 0 unspecified atom stereocenters. The number of nitro benzene ring substituents is 2. The number of nitriles is 1. The molecule has 1 rings (SSSR count). The lowest BCUT2D eigenvalue weighted by atomic mass is 10.1. The van der Waals surface area contributed by atoms with E-state index in [-0.39, 0.29) is 0 Å². The van der Waals surface area contributed by atoms with E-state index in [1.54, 1.807) is 6.07 Å². The smallest absolute Gasteiger partial charge is 0.295 e. The minimum atomic E-state index is -1.07. The first kappa shape index (κ1) is 16.3. The third-order valence-corrected chi connectivity index (χ3v) is 2.11. The zero-order chi connectivity index (χ0) is 15.2. The highest BCUT2D eigenvalue weighted by Gasteiger charge is 2.24. The Kier molecular flexibility index (Phi) is 5.89. The van der Waals surface area contributed by atoms with Crippen LogP contribution < -0.4 is 5.73 Å². The number of hydrogen-bond donors (Lipinski definition) is 1. The second-order valence-corrected chi connectivity index (χ2v) is 3.31. The van der Waals surface area contributed by atoms with E-state index < -0.39 is 37.7 Å². The topological polar surface area (TPSA) is 153 Å². The van der Waals surface area contributed by atoms with Gasteiger partial charge in [-0.05, 0) is 0 Å². The van der Waals surface area contributed by atoms with E-state index in [0.29, 0.717) is 6.07 Å². The van der Waals surface area contributed by atoms with Gasteiger partial charge >= 0.3 is 0 Å². The lowest BCUT2D eigenvalue weighted by Gasteiger charge is -2.00. The number of nitrogens with two attached hydrogens (primary N) is 1. The summed E-state index contributed by atoms with van der Waals surface area (Å²) in [4.78, 5) is 30.0. The average molecular weight is 287 g/mol. The lowest BCUT2D eigenvalue weighted by molar-refractivity contribution is -0.394. The van der Waals surface area contributed by atoms with Crippen LogP contribution in [0, 0.1) is 31.6 Å². The second-order valence-electron chi connectivity index (χ2n) is 2.93. The third-order valence-electron chi connectivity index (χ3n) is 1.71. The highest BCUT2D eigenvalue weighted by atomic mass is 35.5. The van der Waals surface area contributed by atoms with Gasteiger partial charge in [0.15, 0.2) is 0 Å². The highest BCUT2D eigenvalue weighted by molar-refractivity contribution is 6.36. The van der Waals surface area contributed by atoms with Crippen LogP contribution in [0.4, 0.5) is 11.4 Å². The molecule has 0 aromatic heterocycles. The Balaban J connectivity index is 0.000000982. The van der Waals surface area contributed by atoms with Crippen LogP contribution in [0.1, 0.15) is 17.3 Å². The largest absolute Gasteiger partial charge is 0.366 e. The van der Waals surface area contributed by atoms with Gasteiger partial charge in [0.2, 0.25) is 0 Å². The van der Waals surface area contributed by atoms with Crippen molar-refractivity contribution in [2.75, 3.05) is 0 Å². The van der Waals surface area contributed by atoms with Crippen LogP contribution in [-0.4, -0.2) is 15.8 Å². The summed E-state index contributed by atoms with van der Waals surface area (Å²) in [6.07, 6.45) is 0. The Morgan fingerprint density at radius 2 is 1.84 bits per heavy atom. The number of amides is 1. The first-order chi connectivity index (χ1) is 8.76. The molecule has 1 aromatic carbocycles. The number of halogens is 1. The molecule has 0 radical (unpaired) electrons. The van der Waals surface area contributed by atoms with Crippen molar-refractivity contribution in [3.63, 3.8) is 0 Å². The molecule has 19 heavy (non-hydrogen) atoms. The van der Waals surface area contributed by atoms with Crippen molar-refractivity contribution in [2.24, 2.45) is 5.73 Å². The number of carbonyl (C=O) groups is 1. The van der Waals surface area contributed by atoms with Gasteiger partial charge in [-0.3, -0.25) is 25.0 Å². The van der Waals surface area contributed by atoms with Gasteiger partial charge in [0.05, 0.1) is 27.5 Å².